The first-order valence-electron chi connectivity index (χ1n) is 12.8. The number of carbonyl (C=O) groups excluding carboxylic acids is 2. The summed E-state index contributed by atoms with van der Waals surface area (Å²) in [5, 5.41) is 6.79. The molecule has 2 amide bonds. The zero-order valence-electron chi connectivity index (χ0n) is 22.2. The van der Waals surface area contributed by atoms with E-state index in [4.69, 9.17) is 9.47 Å². The van der Waals surface area contributed by atoms with Crippen molar-refractivity contribution in [2.75, 3.05) is 30.3 Å². The summed E-state index contributed by atoms with van der Waals surface area (Å²) in [6, 6.07) is 22.4. The van der Waals surface area contributed by atoms with E-state index in [1.807, 2.05) is 30.3 Å². The maximum atomic E-state index is 12.5. The van der Waals surface area contributed by atoms with E-state index in [2.05, 4.69) is 15.8 Å². The minimum absolute atomic E-state index is 0.0811. The normalized spacial score (nSPS) is 15.1. The fraction of sp³-hybridized carbons (Fsp3) is 0.276. The second-order valence-electron chi connectivity index (χ2n) is 9.30. The summed E-state index contributed by atoms with van der Waals surface area (Å²) in [5.74, 6) is -0.119. The zero-order chi connectivity index (χ0) is 28.4. The molecule has 0 bridgehead atoms. The molecule has 0 aromatic heterocycles. The van der Waals surface area contributed by atoms with Gasteiger partial charge in [-0.25, -0.2) is 13.8 Å². The molecule has 40 heavy (non-hydrogen) atoms. The third kappa shape index (κ3) is 8.65. The maximum absolute atomic E-state index is 12.5. The van der Waals surface area contributed by atoms with Gasteiger partial charge in [0.1, 0.15) is 5.75 Å². The van der Waals surface area contributed by atoms with Crippen LogP contribution >= 0.6 is 0 Å². The maximum Gasteiger partial charge on any atom is 0.271 e. The molecular weight excluding hydrogens is 532 g/mol. The van der Waals surface area contributed by atoms with E-state index in [1.54, 1.807) is 48.5 Å². The molecule has 0 aliphatic carbocycles. The highest BCUT2D eigenvalue weighted by molar-refractivity contribution is 7.92. The number of amides is 2. The Hall–Kier alpha value is -4.22. The number of sulfonamides is 1. The van der Waals surface area contributed by atoms with Gasteiger partial charge in [0.2, 0.25) is 10.0 Å². The smallest absolute Gasteiger partial charge is 0.271 e. The van der Waals surface area contributed by atoms with Crippen molar-refractivity contribution in [3.63, 3.8) is 0 Å². The van der Waals surface area contributed by atoms with Crippen molar-refractivity contribution < 1.29 is 27.5 Å². The van der Waals surface area contributed by atoms with Crippen molar-refractivity contribution in [2.24, 2.45) is 5.10 Å². The van der Waals surface area contributed by atoms with Crippen LogP contribution in [0, 0.1) is 0 Å². The molecule has 3 aromatic rings. The summed E-state index contributed by atoms with van der Waals surface area (Å²) in [6.07, 6.45) is 4.68. The molecular formula is C29H32N4O6S. The van der Waals surface area contributed by atoms with Gasteiger partial charge < -0.3 is 14.8 Å². The molecule has 1 heterocycles. The Morgan fingerprint density at radius 3 is 2.42 bits per heavy atom. The molecule has 2 N–H and O–H groups in total. The van der Waals surface area contributed by atoms with Crippen molar-refractivity contribution in [3.05, 3.63) is 95.6 Å². The van der Waals surface area contributed by atoms with E-state index in [1.165, 1.54) is 10.5 Å². The lowest BCUT2D eigenvalue weighted by molar-refractivity contribution is -0.123. The van der Waals surface area contributed by atoms with Gasteiger partial charge >= 0.3 is 0 Å². The van der Waals surface area contributed by atoms with E-state index in [-0.39, 0.29) is 25.2 Å². The van der Waals surface area contributed by atoms with E-state index in [0.29, 0.717) is 23.5 Å². The fourth-order valence-electron chi connectivity index (χ4n) is 4.04. The largest absolute Gasteiger partial charge is 0.484 e. The third-order valence-electron chi connectivity index (χ3n) is 6.17. The third-order valence-corrected chi connectivity index (χ3v) is 7.31. The Morgan fingerprint density at radius 2 is 1.77 bits per heavy atom. The Morgan fingerprint density at radius 1 is 1.05 bits per heavy atom. The Kier molecular flexibility index (Phi) is 9.87. The first kappa shape index (κ1) is 28.8. The second-order valence-corrected chi connectivity index (χ2v) is 11.2. The van der Waals surface area contributed by atoms with Gasteiger partial charge in [-0.15, -0.1) is 0 Å². The van der Waals surface area contributed by atoms with Crippen LogP contribution in [0.5, 0.6) is 5.75 Å². The molecule has 1 aliphatic heterocycles. The van der Waals surface area contributed by atoms with Crippen molar-refractivity contribution in [3.8, 4) is 5.75 Å². The zero-order valence-corrected chi connectivity index (χ0v) is 23.0. The lowest BCUT2D eigenvalue weighted by Crippen LogP contribution is -2.35. The van der Waals surface area contributed by atoms with Gasteiger partial charge in [0.05, 0.1) is 30.8 Å². The summed E-state index contributed by atoms with van der Waals surface area (Å²) in [7, 11) is -3.54. The molecule has 1 atom stereocenters. The predicted octanol–water partition coefficient (Wildman–Crippen LogP) is 3.09. The van der Waals surface area contributed by atoms with Crippen LogP contribution in [0.3, 0.4) is 0 Å². The van der Waals surface area contributed by atoms with Crippen LogP contribution < -0.4 is 19.8 Å². The topological polar surface area (TPSA) is 126 Å². The van der Waals surface area contributed by atoms with Gasteiger partial charge in [-0.1, -0.05) is 30.3 Å². The molecule has 1 saturated heterocycles. The summed E-state index contributed by atoms with van der Waals surface area (Å²) in [5.41, 5.74) is 4.81. The molecule has 0 radical (unpaired) electrons. The second kappa shape index (κ2) is 13.7. The number of benzene rings is 3. The monoisotopic (exact) mass is 564 g/mol. The van der Waals surface area contributed by atoms with Crippen LogP contribution in [-0.4, -0.2) is 58.6 Å². The van der Waals surface area contributed by atoms with Gasteiger partial charge in [0.15, 0.2) is 6.61 Å². The van der Waals surface area contributed by atoms with Crippen LogP contribution in [0.15, 0.2) is 84.0 Å². The van der Waals surface area contributed by atoms with Gasteiger partial charge in [-0.05, 0) is 72.5 Å². The summed E-state index contributed by atoms with van der Waals surface area (Å²) in [4.78, 5) is 24.5. The number of hydrazone groups is 1. The van der Waals surface area contributed by atoms with E-state index < -0.39 is 15.9 Å². The van der Waals surface area contributed by atoms with Crippen molar-refractivity contribution >= 4 is 33.7 Å². The summed E-state index contributed by atoms with van der Waals surface area (Å²) >= 11 is 0. The van der Waals surface area contributed by atoms with E-state index in [9.17, 15) is 18.0 Å². The Labute approximate surface area is 234 Å². The molecule has 3 aromatic carbocycles. The molecule has 10 nitrogen and oxygen atoms in total. The van der Waals surface area contributed by atoms with Gasteiger partial charge in [-0.3, -0.25) is 13.9 Å². The Balaban J connectivity index is 1.25. The Bertz CT molecular complexity index is 1410. The quantitative estimate of drug-likeness (QED) is 0.257. The molecule has 210 valence electrons. The first-order chi connectivity index (χ1) is 19.3. The minimum atomic E-state index is -3.54. The van der Waals surface area contributed by atoms with E-state index >= 15 is 0 Å². The molecule has 0 saturated carbocycles. The van der Waals surface area contributed by atoms with Crippen LogP contribution in [-0.2, 0) is 26.1 Å². The average molecular weight is 565 g/mol. The van der Waals surface area contributed by atoms with Crippen LogP contribution in [0.25, 0.3) is 0 Å². The summed E-state index contributed by atoms with van der Waals surface area (Å²) < 4.78 is 37.0. The van der Waals surface area contributed by atoms with Crippen molar-refractivity contribution in [1.82, 2.24) is 10.7 Å². The van der Waals surface area contributed by atoms with E-state index in [0.717, 1.165) is 36.8 Å². The van der Waals surface area contributed by atoms with Crippen molar-refractivity contribution in [2.45, 2.75) is 25.5 Å². The lowest BCUT2D eigenvalue weighted by atomic mass is 10.2. The molecule has 1 aliphatic rings. The number of ether oxygens (including phenoxy) is 2. The minimum Gasteiger partial charge on any atom is -0.484 e. The molecule has 0 spiro atoms. The highest BCUT2D eigenvalue weighted by Crippen LogP contribution is 2.21. The molecule has 4 rings (SSSR count). The summed E-state index contributed by atoms with van der Waals surface area (Å²) in [6.45, 7) is 1.32. The number of hydrogen-bond donors (Lipinski definition) is 2. The predicted molar refractivity (Wildman–Crippen MR) is 153 cm³/mol. The molecule has 1 fully saturated rings. The number of nitrogens with zero attached hydrogens (tertiary/aromatic N) is 2. The lowest BCUT2D eigenvalue weighted by Gasteiger charge is -2.22. The molecule has 11 heteroatoms. The number of anilines is 1. The highest BCUT2D eigenvalue weighted by Gasteiger charge is 2.19. The number of hydrogen-bond acceptors (Lipinski definition) is 7. The van der Waals surface area contributed by atoms with Crippen molar-refractivity contribution in [1.29, 1.82) is 0 Å². The first-order valence-corrected chi connectivity index (χ1v) is 14.7. The molecule has 0 unspecified atom stereocenters. The van der Waals surface area contributed by atoms with Crippen LogP contribution in [0.4, 0.5) is 5.69 Å². The van der Waals surface area contributed by atoms with Gasteiger partial charge in [0, 0.05) is 18.7 Å². The highest BCUT2D eigenvalue weighted by atomic mass is 32.2. The SMILES string of the molecule is CS(=O)(=O)N(Cc1ccccc1)c1ccc(C(=O)N/N=C\c2ccc(OCC(=O)NC[C@@H]3CCCO3)cc2)cc1. The number of carbonyl (C=O) groups is 2. The van der Waals surface area contributed by atoms with Crippen LogP contribution in [0.2, 0.25) is 0 Å². The number of nitrogens with one attached hydrogen (secondary N) is 2. The standard InChI is InChI=1S/C29H32N4O6S/c1-40(36,37)33(20-23-6-3-2-4-7-23)25-13-11-24(12-14-25)29(35)32-31-18-22-9-15-26(16-10-22)39-21-28(34)30-19-27-8-5-17-38-27/h2-4,6-7,9-16,18,27H,5,8,17,19-21H2,1H3,(H,30,34)(H,32,35)/b31-18-/t27-/m0/s1. The van der Waals surface area contributed by atoms with Crippen LogP contribution in [0.1, 0.15) is 34.3 Å². The number of rotatable bonds is 12. The fourth-order valence-corrected chi connectivity index (χ4v) is 4.93. The average Bonchev–Trinajstić information content (AvgIpc) is 3.48. The van der Waals surface area contributed by atoms with Gasteiger partial charge in [0.25, 0.3) is 11.8 Å². The van der Waals surface area contributed by atoms with Gasteiger partial charge in [-0.2, -0.15) is 5.10 Å².